The summed E-state index contributed by atoms with van der Waals surface area (Å²) in [6.45, 7) is 0. The van der Waals surface area contributed by atoms with Gasteiger partial charge in [0, 0.05) is 23.8 Å². The van der Waals surface area contributed by atoms with Crippen LogP contribution in [0.1, 0.15) is 5.56 Å². The largest absolute Gasteiger partial charge is 0.497 e. The number of rotatable bonds is 5. The van der Waals surface area contributed by atoms with E-state index in [0.29, 0.717) is 16.3 Å². The molecule has 0 radical (unpaired) electrons. The van der Waals surface area contributed by atoms with Crippen LogP contribution in [0.4, 0.5) is 4.39 Å². The third-order valence-electron chi connectivity index (χ3n) is 3.48. The highest BCUT2D eigenvalue weighted by atomic mass is 32.2. The number of halogens is 1. The Hall–Kier alpha value is -2.60. The van der Waals surface area contributed by atoms with Crippen molar-refractivity contribution in [2.45, 2.75) is 10.8 Å². The number of aromatic nitrogens is 2. The van der Waals surface area contributed by atoms with Crippen LogP contribution < -0.4 is 10.3 Å². The van der Waals surface area contributed by atoms with Gasteiger partial charge in [0.05, 0.1) is 7.11 Å². The zero-order valence-corrected chi connectivity index (χ0v) is 13.8. The maximum Gasteiger partial charge on any atom is 0.287 e. The lowest BCUT2D eigenvalue weighted by Crippen LogP contribution is -2.20. The summed E-state index contributed by atoms with van der Waals surface area (Å²) in [6, 6.07) is 13.7. The number of methoxy groups -OCH3 is 1. The number of hydrogen-bond acceptors (Lipinski definition) is 4. The first-order valence-electron chi connectivity index (χ1n) is 7.27. The second-order valence-electron chi connectivity index (χ2n) is 4.99. The number of thioether (sulfide) groups is 1. The van der Waals surface area contributed by atoms with Gasteiger partial charge in [0.2, 0.25) is 0 Å². The Bertz CT molecular complexity index is 894. The molecule has 4 nitrogen and oxygen atoms in total. The number of hydrogen-bond donors (Lipinski definition) is 0. The van der Waals surface area contributed by atoms with Gasteiger partial charge in [0.15, 0.2) is 5.03 Å². The standard InChI is InChI=1S/C18H15FN2O2S/c1-23-15-8-6-14(7-9-15)21-11-10-20-17(18(21)22)24-12-13-4-2-3-5-16(13)19/h2-11H,12H2,1H3. The van der Waals surface area contributed by atoms with Crippen molar-refractivity contribution >= 4 is 11.8 Å². The Balaban J connectivity index is 1.85. The van der Waals surface area contributed by atoms with Crippen LogP contribution in [0.15, 0.2) is 70.7 Å². The van der Waals surface area contributed by atoms with Gasteiger partial charge in [-0.25, -0.2) is 9.37 Å². The molecule has 0 spiro atoms. The van der Waals surface area contributed by atoms with Crippen LogP contribution in [0.5, 0.6) is 5.75 Å². The van der Waals surface area contributed by atoms with E-state index in [1.807, 2.05) is 0 Å². The number of benzene rings is 2. The van der Waals surface area contributed by atoms with Crippen molar-refractivity contribution in [3.8, 4) is 11.4 Å². The van der Waals surface area contributed by atoms with E-state index in [1.165, 1.54) is 22.4 Å². The Morgan fingerprint density at radius 2 is 1.92 bits per heavy atom. The van der Waals surface area contributed by atoms with Crippen LogP contribution in [0.3, 0.4) is 0 Å². The molecule has 0 aliphatic carbocycles. The van der Waals surface area contributed by atoms with E-state index in [0.717, 1.165) is 11.4 Å². The zero-order chi connectivity index (χ0) is 16.9. The highest BCUT2D eigenvalue weighted by Gasteiger charge is 2.09. The fraction of sp³-hybridized carbons (Fsp3) is 0.111. The highest BCUT2D eigenvalue weighted by molar-refractivity contribution is 7.98. The second kappa shape index (κ2) is 7.31. The molecule has 2 aromatic carbocycles. The van der Waals surface area contributed by atoms with Crippen LogP contribution in [0.25, 0.3) is 5.69 Å². The van der Waals surface area contributed by atoms with Crippen molar-refractivity contribution in [3.05, 3.63) is 82.7 Å². The zero-order valence-electron chi connectivity index (χ0n) is 13.0. The fourth-order valence-corrected chi connectivity index (χ4v) is 3.08. The quantitative estimate of drug-likeness (QED) is 0.664. The average molecular weight is 342 g/mol. The molecule has 1 heterocycles. The third-order valence-corrected chi connectivity index (χ3v) is 4.49. The molecular formula is C18H15FN2O2S. The summed E-state index contributed by atoms with van der Waals surface area (Å²) in [7, 11) is 1.59. The van der Waals surface area contributed by atoms with Crippen molar-refractivity contribution in [2.24, 2.45) is 0 Å². The molecule has 1 aromatic heterocycles. The number of nitrogens with zero attached hydrogens (tertiary/aromatic N) is 2. The highest BCUT2D eigenvalue weighted by Crippen LogP contribution is 2.20. The van der Waals surface area contributed by atoms with E-state index >= 15 is 0 Å². The average Bonchev–Trinajstić information content (AvgIpc) is 2.62. The van der Waals surface area contributed by atoms with E-state index < -0.39 is 0 Å². The van der Waals surface area contributed by atoms with Crippen molar-refractivity contribution in [2.75, 3.05) is 7.11 Å². The van der Waals surface area contributed by atoms with Crippen LogP contribution in [-0.4, -0.2) is 16.7 Å². The van der Waals surface area contributed by atoms with Gasteiger partial charge in [-0.05, 0) is 35.9 Å². The normalized spacial score (nSPS) is 10.6. The predicted molar refractivity (Wildman–Crippen MR) is 92.3 cm³/mol. The molecule has 3 rings (SSSR count). The van der Waals surface area contributed by atoms with Crippen molar-refractivity contribution in [1.82, 2.24) is 9.55 Å². The van der Waals surface area contributed by atoms with Crippen LogP contribution in [0, 0.1) is 5.82 Å². The van der Waals surface area contributed by atoms with Crippen molar-refractivity contribution in [1.29, 1.82) is 0 Å². The SMILES string of the molecule is COc1ccc(-n2ccnc(SCc3ccccc3F)c2=O)cc1. The van der Waals surface area contributed by atoms with E-state index in [2.05, 4.69) is 4.98 Å². The van der Waals surface area contributed by atoms with Gasteiger partial charge in [-0.3, -0.25) is 9.36 Å². The smallest absolute Gasteiger partial charge is 0.287 e. The molecular weight excluding hydrogens is 327 g/mol. The third kappa shape index (κ3) is 3.49. The Kier molecular flexibility index (Phi) is 4.96. The molecule has 0 unspecified atom stereocenters. The first-order chi connectivity index (χ1) is 11.7. The molecule has 0 amide bonds. The van der Waals surface area contributed by atoms with E-state index in [-0.39, 0.29) is 11.4 Å². The molecule has 6 heteroatoms. The molecule has 3 aromatic rings. The minimum Gasteiger partial charge on any atom is -0.497 e. The fourth-order valence-electron chi connectivity index (χ4n) is 2.20. The molecule has 24 heavy (non-hydrogen) atoms. The topological polar surface area (TPSA) is 44.1 Å². The number of ether oxygens (including phenoxy) is 1. The summed E-state index contributed by atoms with van der Waals surface area (Å²) < 4.78 is 20.3. The lowest BCUT2D eigenvalue weighted by Gasteiger charge is -2.08. The molecule has 0 N–H and O–H groups in total. The molecule has 122 valence electrons. The maximum atomic E-state index is 13.7. The molecule has 0 aliphatic rings. The Labute approximate surface area is 142 Å². The van der Waals surface area contributed by atoms with E-state index in [4.69, 9.17) is 4.74 Å². The molecule has 0 atom stereocenters. The Morgan fingerprint density at radius 3 is 2.62 bits per heavy atom. The van der Waals surface area contributed by atoms with E-state index in [1.54, 1.807) is 62.0 Å². The van der Waals surface area contributed by atoms with E-state index in [9.17, 15) is 9.18 Å². The van der Waals surface area contributed by atoms with Crippen LogP contribution in [-0.2, 0) is 5.75 Å². The van der Waals surface area contributed by atoms with Gasteiger partial charge < -0.3 is 4.74 Å². The van der Waals surface area contributed by atoms with Gasteiger partial charge in [-0.15, -0.1) is 0 Å². The van der Waals surface area contributed by atoms with Crippen molar-refractivity contribution < 1.29 is 9.13 Å². The minimum absolute atomic E-state index is 0.232. The van der Waals surface area contributed by atoms with Gasteiger partial charge in [0.1, 0.15) is 11.6 Å². The van der Waals surface area contributed by atoms with Crippen LogP contribution in [0.2, 0.25) is 0 Å². The van der Waals surface area contributed by atoms with Gasteiger partial charge >= 0.3 is 0 Å². The minimum atomic E-state index is -0.281. The summed E-state index contributed by atoms with van der Waals surface area (Å²) in [5, 5.41) is 0.330. The Morgan fingerprint density at radius 1 is 1.17 bits per heavy atom. The van der Waals surface area contributed by atoms with Gasteiger partial charge in [0.25, 0.3) is 5.56 Å². The second-order valence-corrected chi connectivity index (χ2v) is 5.95. The molecule has 0 aliphatic heterocycles. The predicted octanol–water partition coefficient (Wildman–Crippen LogP) is 3.67. The first kappa shape index (κ1) is 16.3. The van der Waals surface area contributed by atoms with Gasteiger partial charge in [-0.1, -0.05) is 30.0 Å². The molecule has 0 bridgehead atoms. The maximum absolute atomic E-state index is 13.7. The van der Waals surface area contributed by atoms with Crippen molar-refractivity contribution in [3.63, 3.8) is 0 Å². The summed E-state index contributed by atoms with van der Waals surface area (Å²) in [5.74, 6) is 0.785. The van der Waals surface area contributed by atoms with Gasteiger partial charge in [-0.2, -0.15) is 0 Å². The summed E-state index contributed by atoms with van der Waals surface area (Å²) in [4.78, 5) is 16.7. The molecule has 0 saturated carbocycles. The summed E-state index contributed by atoms with van der Waals surface area (Å²) in [6.07, 6.45) is 3.17. The summed E-state index contributed by atoms with van der Waals surface area (Å²) in [5.41, 5.74) is 1.03. The monoisotopic (exact) mass is 342 g/mol. The molecule has 0 saturated heterocycles. The van der Waals surface area contributed by atoms with Crippen LogP contribution >= 0.6 is 11.8 Å². The summed E-state index contributed by atoms with van der Waals surface area (Å²) >= 11 is 1.22. The molecule has 0 fully saturated rings. The first-order valence-corrected chi connectivity index (χ1v) is 8.26. The lowest BCUT2D eigenvalue weighted by atomic mass is 10.2. The lowest BCUT2D eigenvalue weighted by molar-refractivity contribution is 0.414.